The molecule has 30 heavy (non-hydrogen) atoms. The van der Waals surface area contributed by atoms with Gasteiger partial charge < -0.3 is 5.32 Å². The highest BCUT2D eigenvalue weighted by Crippen LogP contribution is 2.22. The molecule has 0 saturated carbocycles. The number of nitrogens with zero attached hydrogens (tertiary/aromatic N) is 4. The number of rotatable bonds is 6. The van der Waals surface area contributed by atoms with E-state index in [2.05, 4.69) is 25.0 Å². The molecule has 2 aromatic heterocycles. The van der Waals surface area contributed by atoms with Gasteiger partial charge in [-0.1, -0.05) is 12.1 Å². The van der Waals surface area contributed by atoms with E-state index in [-0.39, 0.29) is 0 Å². The average Bonchev–Trinajstić information content (AvgIpc) is 3.24. The van der Waals surface area contributed by atoms with E-state index in [1.807, 2.05) is 0 Å². The zero-order valence-corrected chi connectivity index (χ0v) is 16.6. The lowest BCUT2D eigenvalue weighted by molar-refractivity contribution is 0.570. The van der Waals surface area contributed by atoms with Crippen LogP contribution in [0.25, 0.3) is 5.82 Å². The second kappa shape index (κ2) is 7.91. The Bertz CT molecular complexity index is 1280. The van der Waals surface area contributed by atoms with E-state index in [9.17, 15) is 12.8 Å². The minimum atomic E-state index is -4.03. The quantitative estimate of drug-likeness (QED) is 0.490. The van der Waals surface area contributed by atoms with Crippen LogP contribution in [0, 0.1) is 12.7 Å². The summed E-state index contributed by atoms with van der Waals surface area (Å²) in [7, 11) is -4.03. The van der Waals surface area contributed by atoms with Crippen LogP contribution in [0.5, 0.6) is 0 Å². The van der Waals surface area contributed by atoms with E-state index in [0.29, 0.717) is 28.8 Å². The molecule has 0 unspecified atom stereocenters. The highest BCUT2D eigenvalue weighted by Gasteiger charge is 2.18. The summed E-state index contributed by atoms with van der Waals surface area (Å²) in [6, 6.07) is 13.5. The summed E-state index contributed by atoms with van der Waals surface area (Å²) < 4.78 is 42.7. The van der Waals surface area contributed by atoms with Crippen LogP contribution < -0.4 is 10.0 Å². The summed E-state index contributed by atoms with van der Waals surface area (Å²) in [4.78, 5) is 12.3. The van der Waals surface area contributed by atoms with Crippen LogP contribution in [0.1, 0.15) is 5.82 Å². The summed E-state index contributed by atoms with van der Waals surface area (Å²) in [5.41, 5.74) is 1.00. The Balaban J connectivity index is 1.52. The predicted octanol–water partition coefficient (Wildman–Crippen LogP) is 3.65. The van der Waals surface area contributed by atoms with Gasteiger partial charge in [0.05, 0.1) is 0 Å². The van der Waals surface area contributed by atoms with Gasteiger partial charge in [-0.3, -0.25) is 9.29 Å². The minimum Gasteiger partial charge on any atom is -0.340 e. The molecule has 0 saturated heterocycles. The van der Waals surface area contributed by atoms with Gasteiger partial charge in [-0.25, -0.2) is 27.8 Å². The lowest BCUT2D eigenvalue weighted by atomic mass is 10.3. The third-order valence-electron chi connectivity index (χ3n) is 4.13. The molecule has 8 nitrogen and oxygen atoms in total. The van der Waals surface area contributed by atoms with Crippen molar-refractivity contribution >= 4 is 27.2 Å². The Labute approximate surface area is 172 Å². The molecule has 0 fully saturated rings. The second-order valence-corrected chi connectivity index (χ2v) is 8.02. The monoisotopic (exact) mass is 424 g/mol. The van der Waals surface area contributed by atoms with E-state index >= 15 is 0 Å². The number of anilines is 3. The first kappa shape index (κ1) is 19.5. The number of imidazole rings is 1. The summed E-state index contributed by atoms with van der Waals surface area (Å²) >= 11 is 0. The molecular weight excluding hydrogens is 407 g/mol. The van der Waals surface area contributed by atoms with Gasteiger partial charge in [0, 0.05) is 29.8 Å². The molecule has 0 atom stereocenters. The molecule has 2 N–H and O–H groups in total. The van der Waals surface area contributed by atoms with Gasteiger partial charge >= 0.3 is 0 Å². The van der Waals surface area contributed by atoms with Crippen molar-refractivity contribution in [3.05, 3.63) is 85.0 Å². The van der Waals surface area contributed by atoms with Crippen molar-refractivity contribution in [2.75, 3.05) is 10.0 Å². The third-order valence-corrected chi connectivity index (χ3v) is 5.54. The largest absolute Gasteiger partial charge is 0.340 e. The van der Waals surface area contributed by atoms with Crippen LogP contribution in [0.3, 0.4) is 0 Å². The smallest absolute Gasteiger partial charge is 0.264 e. The van der Waals surface area contributed by atoms with Gasteiger partial charge in [-0.05, 0) is 43.3 Å². The van der Waals surface area contributed by atoms with Crippen LogP contribution in [0.2, 0.25) is 0 Å². The Morgan fingerprint density at radius 2 is 1.73 bits per heavy atom. The highest BCUT2D eigenvalue weighted by molar-refractivity contribution is 7.92. The minimum absolute atomic E-state index is 0.307. The van der Waals surface area contributed by atoms with E-state index in [1.165, 1.54) is 18.2 Å². The summed E-state index contributed by atoms with van der Waals surface area (Å²) in [6.07, 6.45) is 5.08. The Morgan fingerprint density at radius 3 is 2.43 bits per heavy atom. The maximum Gasteiger partial charge on any atom is 0.264 e. The topological polar surface area (TPSA) is 102 Å². The Kier molecular flexibility index (Phi) is 5.15. The van der Waals surface area contributed by atoms with Crippen molar-refractivity contribution in [1.82, 2.24) is 19.5 Å². The van der Waals surface area contributed by atoms with Gasteiger partial charge in [0.2, 0.25) is 0 Å². The van der Waals surface area contributed by atoms with Crippen molar-refractivity contribution in [2.45, 2.75) is 11.8 Å². The highest BCUT2D eigenvalue weighted by atomic mass is 32.2. The van der Waals surface area contributed by atoms with E-state index in [4.69, 9.17) is 0 Å². The van der Waals surface area contributed by atoms with E-state index < -0.39 is 20.7 Å². The second-order valence-electron chi connectivity index (χ2n) is 6.37. The van der Waals surface area contributed by atoms with Crippen LogP contribution >= 0.6 is 0 Å². The predicted molar refractivity (Wildman–Crippen MR) is 111 cm³/mol. The number of sulfonamides is 1. The van der Waals surface area contributed by atoms with Crippen LogP contribution in [-0.2, 0) is 10.0 Å². The first-order valence-electron chi connectivity index (χ1n) is 8.89. The molecule has 0 radical (unpaired) electrons. The summed E-state index contributed by atoms with van der Waals surface area (Å²) in [5, 5.41) is 3.16. The molecule has 0 amide bonds. The molecule has 0 spiro atoms. The normalized spacial score (nSPS) is 11.3. The van der Waals surface area contributed by atoms with Crippen molar-refractivity contribution in [1.29, 1.82) is 0 Å². The lowest BCUT2D eigenvalue weighted by Crippen LogP contribution is -2.14. The molecule has 0 aliphatic carbocycles. The third kappa shape index (κ3) is 4.28. The summed E-state index contributed by atoms with van der Waals surface area (Å²) in [5.74, 6) is 1.01. The molecular formula is C20H17FN6O2S. The number of nitrogens with one attached hydrogen (secondary N) is 2. The zero-order valence-electron chi connectivity index (χ0n) is 15.8. The van der Waals surface area contributed by atoms with Crippen LogP contribution in [-0.4, -0.2) is 27.9 Å². The maximum atomic E-state index is 13.8. The summed E-state index contributed by atoms with van der Waals surface area (Å²) in [6.45, 7) is 1.78. The van der Waals surface area contributed by atoms with E-state index in [1.54, 1.807) is 60.5 Å². The van der Waals surface area contributed by atoms with Gasteiger partial charge in [0.1, 0.15) is 34.5 Å². The first-order valence-corrected chi connectivity index (χ1v) is 10.4. The number of aromatic nitrogens is 4. The number of halogens is 1. The molecule has 2 heterocycles. The molecule has 2 aromatic carbocycles. The number of hydrogen-bond acceptors (Lipinski definition) is 6. The molecule has 0 bridgehead atoms. The Morgan fingerprint density at radius 1 is 1.00 bits per heavy atom. The fourth-order valence-electron chi connectivity index (χ4n) is 2.79. The van der Waals surface area contributed by atoms with Crippen LogP contribution in [0.4, 0.5) is 21.6 Å². The lowest BCUT2D eigenvalue weighted by Gasteiger charge is -2.11. The maximum absolute atomic E-state index is 13.8. The van der Waals surface area contributed by atoms with Gasteiger partial charge in [0.15, 0.2) is 0 Å². The molecule has 4 rings (SSSR count). The first-order chi connectivity index (χ1) is 14.4. The van der Waals surface area contributed by atoms with Crippen molar-refractivity contribution < 1.29 is 12.8 Å². The standard InChI is InChI=1S/C20H17FN6O2S/c1-14-23-19(12-20(24-14)27-11-10-22-13-27)25-15-6-8-16(9-7-15)26-30(28,29)18-5-3-2-4-17(18)21/h2-13,26H,1H3,(H,23,24,25). The molecule has 0 aliphatic rings. The molecule has 10 heteroatoms. The number of benzene rings is 2. The number of hydrogen-bond donors (Lipinski definition) is 2. The molecule has 152 valence electrons. The van der Waals surface area contributed by atoms with E-state index in [0.717, 1.165) is 6.07 Å². The van der Waals surface area contributed by atoms with Gasteiger partial charge in [0.25, 0.3) is 10.0 Å². The van der Waals surface area contributed by atoms with Gasteiger partial charge in [-0.2, -0.15) is 0 Å². The van der Waals surface area contributed by atoms with Crippen molar-refractivity contribution in [3.8, 4) is 5.82 Å². The fourth-order valence-corrected chi connectivity index (χ4v) is 3.92. The van der Waals surface area contributed by atoms with Gasteiger partial charge in [-0.15, -0.1) is 0 Å². The molecule has 4 aromatic rings. The van der Waals surface area contributed by atoms with Crippen molar-refractivity contribution in [3.63, 3.8) is 0 Å². The Hall–Kier alpha value is -3.79. The molecule has 0 aliphatic heterocycles. The van der Waals surface area contributed by atoms with Crippen molar-refractivity contribution in [2.24, 2.45) is 0 Å². The SMILES string of the molecule is Cc1nc(Nc2ccc(NS(=O)(=O)c3ccccc3F)cc2)cc(-n2ccnc2)n1. The zero-order chi connectivity index (χ0) is 21.1. The van der Waals surface area contributed by atoms with Crippen LogP contribution in [0.15, 0.2) is 78.2 Å². The number of aryl methyl sites for hydroxylation is 1. The average molecular weight is 424 g/mol. The fraction of sp³-hybridized carbons (Fsp3) is 0.0500.